The highest BCUT2D eigenvalue weighted by molar-refractivity contribution is 4.94. The van der Waals surface area contributed by atoms with E-state index in [0.29, 0.717) is 23.9 Å². The molecule has 2 heteroatoms. The fraction of sp³-hybridized carbons (Fsp3) is 1.00. The lowest BCUT2D eigenvalue weighted by Crippen LogP contribution is -2.66. The van der Waals surface area contributed by atoms with Crippen LogP contribution in [0.3, 0.4) is 0 Å². The van der Waals surface area contributed by atoms with E-state index >= 15 is 0 Å². The van der Waals surface area contributed by atoms with Crippen LogP contribution in [0.1, 0.15) is 54.9 Å². The Labute approximate surface area is 101 Å². The van der Waals surface area contributed by atoms with Gasteiger partial charge in [0.05, 0.1) is 6.61 Å². The van der Waals surface area contributed by atoms with Gasteiger partial charge >= 0.3 is 0 Å². The minimum atomic E-state index is -0.0775. The number of nitrogens with zero attached hydrogens (tertiary/aromatic N) is 1. The molecule has 1 atom stereocenters. The van der Waals surface area contributed by atoms with Crippen LogP contribution < -0.4 is 0 Å². The fourth-order valence-electron chi connectivity index (χ4n) is 3.46. The summed E-state index contributed by atoms with van der Waals surface area (Å²) in [5.74, 6) is 1.05. The Bertz CT molecular complexity index is 215. The molecule has 1 rings (SSSR count). The van der Waals surface area contributed by atoms with Gasteiger partial charge in [0.2, 0.25) is 0 Å². The Balaban J connectivity index is 3.11. The molecule has 1 saturated heterocycles. The van der Waals surface area contributed by atoms with Gasteiger partial charge in [-0.2, -0.15) is 0 Å². The Morgan fingerprint density at radius 1 is 1.06 bits per heavy atom. The highest BCUT2D eigenvalue weighted by Crippen LogP contribution is 2.40. The number of hydrogen-bond acceptors (Lipinski definition) is 2. The average Bonchev–Trinajstić information content (AvgIpc) is 2.15. The van der Waals surface area contributed by atoms with Gasteiger partial charge in [-0.05, 0) is 39.0 Å². The molecule has 1 aliphatic rings. The van der Waals surface area contributed by atoms with Gasteiger partial charge in [0.15, 0.2) is 0 Å². The molecule has 16 heavy (non-hydrogen) atoms. The number of hydrogen-bond donors (Lipinski definition) is 0. The van der Waals surface area contributed by atoms with E-state index in [0.717, 1.165) is 13.0 Å². The third-order valence-electron chi connectivity index (χ3n) is 3.96. The van der Waals surface area contributed by atoms with E-state index in [1.165, 1.54) is 0 Å². The zero-order valence-corrected chi connectivity index (χ0v) is 12.1. The summed E-state index contributed by atoms with van der Waals surface area (Å²) in [7, 11) is 0. The first-order valence-corrected chi connectivity index (χ1v) is 6.76. The summed E-state index contributed by atoms with van der Waals surface area (Å²) in [6, 6.07) is 1.17. The molecular weight excluding hydrogens is 198 g/mol. The first-order valence-electron chi connectivity index (χ1n) is 6.76. The van der Waals surface area contributed by atoms with Gasteiger partial charge in [0.25, 0.3) is 0 Å². The van der Waals surface area contributed by atoms with Crippen LogP contribution in [0.4, 0.5) is 0 Å². The SMILES string of the molecule is CC(C)N1C(C)CCOC1(C(C)C)C(C)C. The van der Waals surface area contributed by atoms with Crippen molar-refractivity contribution in [3.05, 3.63) is 0 Å². The number of ether oxygens (including phenoxy) is 1. The molecule has 0 aliphatic carbocycles. The van der Waals surface area contributed by atoms with Gasteiger partial charge in [-0.15, -0.1) is 0 Å². The predicted octanol–water partition coefficient (Wildman–Crippen LogP) is 3.51. The molecule has 0 N–H and O–H groups in total. The molecule has 1 fully saturated rings. The first-order chi connectivity index (χ1) is 7.34. The van der Waals surface area contributed by atoms with E-state index < -0.39 is 0 Å². The summed E-state index contributed by atoms with van der Waals surface area (Å²) in [4.78, 5) is 2.59. The second-order valence-corrected chi connectivity index (χ2v) is 6.05. The molecule has 0 spiro atoms. The molecule has 0 bridgehead atoms. The van der Waals surface area contributed by atoms with Crippen LogP contribution in [-0.2, 0) is 4.74 Å². The molecular formula is C14H29NO. The van der Waals surface area contributed by atoms with Gasteiger partial charge in [-0.25, -0.2) is 0 Å². The lowest BCUT2D eigenvalue weighted by Gasteiger charge is -2.56. The van der Waals surface area contributed by atoms with E-state index in [2.05, 4.69) is 53.4 Å². The first kappa shape index (κ1) is 14.0. The van der Waals surface area contributed by atoms with Crippen molar-refractivity contribution >= 4 is 0 Å². The molecule has 1 aliphatic heterocycles. The number of rotatable bonds is 3. The Morgan fingerprint density at radius 3 is 1.88 bits per heavy atom. The second-order valence-electron chi connectivity index (χ2n) is 6.05. The van der Waals surface area contributed by atoms with E-state index in [1.54, 1.807) is 0 Å². The van der Waals surface area contributed by atoms with Gasteiger partial charge in [0, 0.05) is 12.1 Å². The Hall–Kier alpha value is -0.0800. The maximum absolute atomic E-state index is 6.26. The van der Waals surface area contributed by atoms with Crippen LogP contribution in [0.5, 0.6) is 0 Å². The summed E-state index contributed by atoms with van der Waals surface area (Å²) in [5, 5.41) is 0. The highest BCUT2D eigenvalue weighted by atomic mass is 16.5. The van der Waals surface area contributed by atoms with Crippen molar-refractivity contribution in [2.75, 3.05) is 6.61 Å². The maximum atomic E-state index is 6.26. The molecule has 2 nitrogen and oxygen atoms in total. The highest BCUT2D eigenvalue weighted by Gasteiger charge is 2.48. The molecule has 1 heterocycles. The third-order valence-corrected chi connectivity index (χ3v) is 3.96. The summed E-state index contributed by atoms with van der Waals surface area (Å²) in [6.45, 7) is 16.9. The monoisotopic (exact) mass is 227 g/mol. The normalized spacial score (nSPS) is 27.0. The van der Waals surface area contributed by atoms with E-state index in [4.69, 9.17) is 4.74 Å². The molecule has 0 saturated carbocycles. The molecule has 1 unspecified atom stereocenters. The van der Waals surface area contributed by atoms with Crippen LogP contribution >= 0.6 is 0 Å². The van der Waals surface area contributed by atoms with Crippen molar-refractivity contribution in [2.45, 2.75) is 72.7 Å². The molecule has 0 aromatic heterocycles. The van der Waals surface area contributed by atoms with Crippen molar-refractivity contribution in [2.24, 2.45) is 11.8 Å². The van der Waals surface area contributed by atoms with Crippen molar-refractivity contribution in [1.82, 2.24) is 4.90 Å². The zero-order valence-electron chi connectivity index (χ0n) is 12.1. The van der Waals surface area contributed by atoms with E-state index in [1.807, 2.05) is 0 Å². The van der Waals surface area contributed by atoms with Crippen LogP contribution in [0.2, 0.25) is 0 Å². The maximum Gasteiger partial charge on any atom is 0.126 e. The summed E-state index contributed by atoms with van der Waals surface area (Å²) < 4.78 is 6.26. The zero-order chi connectivity index (χ0) is 12.5. The van der Waals surface area contributed by atoms with Crippen molar-refractivity contribution < 1.29 is 4.74 Å². The average molecular weight is 227 g/mol. The van der Waals surface area contributed by atoms with Gasteiger partial charge in [0.1, 0.15) is 5.72 Å². The molecule has 0 radical (unpaired) electrons. The molecule has 0 aromatic carbocycles. The summed E-state index contributed by atoms with van der Waals surface area (Å²) in [5.41, 5.74) is -0.0775. The van der Waals surface area contributed by atoms with Crippen LogP contribution in [0.25, 0.3) is 0 Å². The predicted molar refractivity (Wildman–Crippen MR) is 69.4 cm³/mol. The van der Waals surface area contributed by atoms with E-state index in [9.17, 15) is 0 Å². The van der Waals surface area contributed by atoms with Gasteiger partial charge in [-0.1, -0.05) is 27.7 Å². The Morgan fingerprint density at radius 2 is 1.56 bits per heavy atom. The fourth-order valence-corrected chi connectivity index (χ4v) is 3.46. The smallest absolute Gasteiger partial charge is 0.126 e. The lowest BCUT2D eigenvalue weighted by atomic mass is 9.83. The van der Waals surface area contributed by atoms with Gasteiger partial charge in [-0.3, -0.25) is 4.90 Å². The quantitative estimate of drug-likeness (QED) is 0.731. The largest absolute Gasteiger partial charge is 0.360 e. The lowest BCUT2D eigenvalue weighted by molar-refractivity contribution is -0.260. The second kappa shape index (κ2) is 5.05. The van der Waals surface area contributed by atoms with Crippen LogP contribution in [0.15, 0.2) is 0 Å². The molecule has 96 valence electrons. The molecule has 0 amide bonds. The summed E-state index contributed by atoms with van der Waals surface area (Å²) >= 11 is 0. The minimum Gasteiger partial charge on any atom is -0.360 e. The van der Waals surface area contributed by atoms with Crippen LogP contribution in [0, 0.1) is 11.8 Å². The standard InChI is InChI=1S/C14H29NO/c1-10(2)14(11(3)4)15(12(5)6)13(7)8-9-16-14/h10-13H,8-9H2,1-7H3. The molecule has 0 aromatic rings. The minimum absolute atomic E-state index is 0.0775. The van der Waals surface area contributed by atoms with Crippen molar-refractivity contribution in [1.29, 1.82) is 0 Å². The van der Waals surface area contributed by atoms with Crippen LogP contribution in [-0.4, -0.2) is 29.3 Å². The topological polar surface area (TPSA) is 12.5 Å². The van der Waals surface area contributed by atoms with E-state index in [-0.39, 0.29) is 5.72 Å². The summed E-state index contributed by atoms with van der Waals surface area (Å²) in [6.07, 6.45) is 1.15. The van der Waals surface area contributed by atoms with Crippen molar-refractivity contribution in [3.8, 4) is 0 Å². The third kappa shape index (κ3) is 2.14. The van der Waals surface area contributed by atoms with Gasteiger partial charge < -0.3 is 4.74 Å². The van der Waals surface area contributed by atoms with Crippen molar-refractivity contribution in [3.63, 3.8) is 0 Å². The Kier molecular flexibility index (Phi) is 4.42.